The fourth-order valence-electron chi connectivity index (χ4n) is 2.24. The highest BCUT2D eigenvalue weighted by atomic mass is 31.2. The van der Waals surface area contributed by atoms with Crippen LogP contribution < -0.4 is 13.6 Å². The SMILES string of the molecule is Cc1ccccc1O[P+](C)(Oc1ccccc1)Oc1ccccc1. The molecule has 3 aromatic rings. The summed E-state index contributed by atoms with van der Waals surface area (Å²) in [4.78, 5) is 0. The van der Waals surface area contributed by atoms with Gasteiger partial charge in [0.25, 0.3) is 0 Å². The lowest BCUT2D eigenvalue weighted by atomic mass is 10.2. The van der Waals surface area contributed by atoms with Crippen LogP contribution in [-0.4, -0.2) is 6.66 Å². The maximum Gasteiger partial charge on any atom is 0.538 e. The molecule has 0 fully saturated rings. The minimum atomic E-state index is -2.66. The van der Waals surface area contributed by atoms with Gasteiger partial charge in [0.05, 0.1) is 0 Å². The monoisotopic (exact) mass is 339 g/mol. The van der Waals surface area contributed by atoms with Crippen molar-refractivity contribution in [3.8, 4) is 17.2 Å². The van der Waals surface area contributed by atoms with Crippen molar-refractivity contribution >= 4 is 7.94 Å². The van der Waals surface area contributed by atoms with Crippen LogP contribution in [0.4, 0.5) is 0 Å². The summed E-state index contributed by atoms with van der Waals surface area (Å²) in [7, 11) is -2.66. The van der Waals surface area contributed by atoms with Crippen LogP contribution in [0.3, 0.4) is 0 Å². The molecule has 3 rings (SSSR count). The average Bonchev–Trinajstić information content (AvgIpc) is 2.58. The molecule has 3 nitrogen and oxygen atoms in total. The fourth-order valence-corrected chi connectivity index (χ4v) is 3.92. The van der Waals surface area contributed by atoms with Crippen LogP contribution in [-0.2, 0) is 0 Å². The lowest BCUT2D eigenvalue weighted by Gasteiger charge is -2.20. The van der Waals surface area contributed by atoms with Gasteiger partial charge in [0.1, 0.15) is 0 Å². The van der Waals surface area contributed by atoms with Crippen molar-refractivity contribution in [3.05, 3.63) is 90.5 Å². The highest BCUT2D eigenvalue weighted by molar-refractivity contribution is 7.62. The van der Waals surface area contributed by atoms with Crippen LogP contribution in [0.2, 0.25) is 0 Å². The summed E-state index contributed by atoms with van der Waals surface area (Å²) < 4.78 is 18.5. The predicted molar refractivity (Wildman–Crippen MR) is 98.8 cm³/mol. The zero-order valence-electron chi connectivity index (χ0n) is 13.8. The number of aryl methyl sites for hydroxylation is 1. The molecule has 3 aromatic carbocycles. The summed E-state index contributed by atoms with van der Waals surface area (Å²) in [6.07, 6.45) is 0. The summed E-state index contributed by atoms with van der Waals surface area (Å²) in [6, 6.07) is 27.0. The Hall–Kier alpha value is -2.51. The maximum atomic E-state index is 6.21. The summed E-state index contributed by atoms with van der Waals surface area (Å²) in [5.74, 6) is 2.20. The lowest BCUT2D eigenvalue weighted by molar-refractivity contribution is 0.361. The van der Waals surface area contributed by atoms with Crippen LogP contribution in [0.25, 0.3) is 0 Å². The van der Waals surface area contributed by atoms with Crippen LogP contribution in [0.15, 0.2) is 84.9 Å². The van der Waals surface area contributed by atoms with Crippen molar-refractivity contribution < 1.29 is 13.6 Å². The maximum absolute atomic E-state index is 6.21. The Morgan fingerprint density at radius 3 is 1.54 bits per heavy atom. The van der Waals surface area contributed by atoms with Crippen molar-refractivity contribution in [2.75, 3.05) is 6.66 Å². The summed E-state index contributed by atoms with van der Waals surface area (Å²) in [5, 5.41) is 0. The van der Waals surface area contributed by atoms with Gasteiger partial charge in [-0.05, 0) is 42.8 Å². The minimum absolute atomic E-state index is 0.720. The quantitative estimate of drug-likeness (QED) is 0.521. The van der Waals surface area contributed by atoms with E-state index in [0.717, 1.165) is 22.8 Å². The molecule has 0 saturated heterocycles. The number of hydrogen-bond donors (Lipinski definition) is 0. The van der Waals surface area contributed by atoms with E-state index in [0.29, 0.717) is 0 Å². The first-order valence-corrected chi connectivity index (χ1v) is 9.75. The molecule has 0 saturated carbocycles. The summed E-state index contributed by atoms with van der Waals surface area (Å²) >= 11 is 0. The van der Waals surface area contributed by atoms with E-state index >= 15 is 0 Å². The Bertz CT molecular complexity index is 734. The molecule has 0 N–H and O–H groups in total. The third kappa shape index (κ3) is 4.27. The minimum Gasteiger partial charge on any atom is -0.272 e. The normalized spacial score (nSPS) is 10.9. The van der Waals surface area contributed by atoms with E-state index in [9.17, 15) is 0 Å². The second kappa shape index (κ2) is 7.37. The molecule has 0 spiro atoms. The van der Waals surface area contributed by atoms with Crippen molar-refractivity contribution in [2.45, 2.75) is 6.92 Å². The number of para-hydroxylation sites is 3. The van der Waals surface area contributed by atoms with Crippen LogP contribution >= 0.6 is 7.94 Å². The third-order valence-corrected chi connectivity index (χ3v) is 5.00. The molecule has 0 atom stereocenters. The average molecular weight is 339 g/mol. The van der Waals surface area contributed by atoms with Gasteiger partial charge in [0, 0.05) is 0 Å². The summed E-state index contributed by atoms with van der Waals surface area (Å²) in [6.45, 7) is 3.88. The second-order valence-corrected chi connectivity index (χ2v) is 7.53. The molecule has 24 heavy (non-hydrogen) atoms. The Morgan fingerprint density at radius 2 is 1.04 bits per heavy atom. The van der Waals surface area contributed by atoms with Gasteiger partial charge in [-0.3, -0.25) is 13.6 Å². The first kappa shape index (κ1) is 16.4. The topological polar surface area (TPSA) is 27.7 Å². The molecule has 122 valence electrons. The van der Waals surface area contributed by atoms with E-state index in [1.54, 1.807) is 0 Å². The van der Waals surface area contributed by atoms with Gasteiger partial charge in [0.2, 0.25) is 0 Å². The van der Waals surface area contributed by atoms with Crippen LogP contribution in [0, 0.1) is 6.92 Å². The van der Waals surface area contributed by atoms with Gasteiger partial charge >= 0.3 is 7.94 Å². The Labute approximate surface area is 143 Å². The zero-order valence-corrected chi connectivity index (χ0v) is 14.6. The Kier molecular flexibility index (Phi) is 5.02. The second-order valence-electron chi connectivity index (χ2n) is 5.44. The van der Waals surface area contributed by atoms with E-state index in [-0.39, 0.29) is 0 Å². The molecule has 0 aliphatic rings. The van der Waals surface area contributed by atoms with Crippen LogP contribution in [0.5, 0.6) is 17.2 Å². The van der Waals surface area contributed by atoms with Gasteiger partial charge in [0.15, 0.2) is 23.9 Å². The van der Waals surface area contributed by atoms with Crippen molar-refractivity contribution in [2.24, 2.45) is 0 Å². The standard InChI is InChI=1S/C20H20O3P/c1-17-11-9-10-16-20(17)23-24(2,21-18-12-5-3-6-13-18)22-19-14-7-4-8-15-19/h3-16H,1-2H3/q+1. The first-order valence-electron chi connectivity index (χ1n) is 7.76. The fraction of sp³-hybridized carbons (Fsp3) is 0.100. The molecule has 0 aliphatic heterocycles. The zero-order chi connectivity index (χ0) is 16.8. The van der Waals surface area contributed by atoms with E-state index in [1.807, 2.05) is 98.5 Å². The number of rotatable bonds is 6. The highest BCUT2D eigenvalue weighted by Gasteiger charge is 2.44. The largest absolute Gasteiger partial charge is 0.538 e. The van der Waals surface area contributed by atoms with Gasteiger partial charge in [-0.1, -0.05) is 54.6 Å². The Balaban J connectivity index is 1.89. The number of benzene rings is 3. The molecule has 0 aliphatic carbocycles. The number of hydrogen-bond acceptors (Lipinski definition) is 3. The van der Waals surface area contributed by atoms with Crippen molar-refractivity contribution in [1.82, 2.24) is 0 Å². The van der Waals surface area contributed by atoms with Gasteiger partial charge in [-0.2, -0.15) is 0 Å². The Morgan fingerprint density at radius 1 is 0.583 bits per heavy atom. The van der Waals surface area contributed by atoms with E-state index in [2.05, 4.69) is 0 Å². The summed E-state index contributed by atoms with van der Waals surface area (Å²) in [5.41, 5.74) is 1.04. The van der Waals surface area contributed by atoms with Crippen molar-refractivity contribution in [1.29, 1.82) is 0 Å². The molecule has 0 heterocycles. The lowest BCUT2D eigenvalue weighted by Crippen LogP contribution is -2.14. The van der Waals surface area contributed by atoms with Gasteiger partial charge in [-0.15, -0.1) is 0 Å². The van der Waals surface area contributed by atoms with E-state index in [4.69, 9.17) is 13.6 Å². The third-order valence-electron chi connectivity index (χ3n) is 3.39. The van der Waals surface area contributed by atoms with E-state index in [1.165, 1.54) is 0 Å². The molecule has 4 heteroatoms. The molecule has 0 unspecified atom stereocenters. The first-order chi connectivity index (χ1) is 11.6. The molecule has 0 amide bonds. The van der Waals surface area contributed by atoms with Crippen LogP contribution in [0.1, 0.15) is 5.56 Å². The molecule has 0 bridgehead atoms. The van der Waals surface area contributed by atoms with E-state index < -0.39 is 7.94 Å². The molecule has 0 aromatic heterocycles. The smallest absolute Gasteiger partial charge is 0.272 e. The van der Waals surface area contributed by atoms with Crippen molar-refractivity contribution in [3.63, 3.8) is 0 Å². The predicted octanol–water partition coefficient (Wildman–Crippen LogP) is 5.92. The van der Waals surface area contributed by atoms with Gasteiger partial charge < -0.3 is 0 Å². The molecular formula is C20H20O3P+. The van der Waals surface area contributed by atoms with Gasteiger partial charge in [-0.25, -0.2) is 0 Å². The molecule has 0 radical (unpaired) electrons. The molecular weight excluding hydrogens is 319 g/mol. The highest BCUT2D eigenvalue weighted by Crippen LogP contribution is 2.57.